The molecule has 0 radical (unpaired) electrons. The molecule has 1 aromatic heterocycles. The third-order valence-electron chi connectivity index (χ3n) is 2.71. The zero-order valence-corrected chi connectivity index (χ0v) is 7.72. The van der Waals surface area contributed by atoms with Gasteiger partial charge in [-0.1, -0.05) is 13.8 Å². The number of fused-ring (bicyclic) bond motifs is 1. The molecule has 0 aliphatic carbocycles. The van der Waals surface area contributed by atoms with E-state index in [-0.39, 0.29) is 0 Å². The summed E-state index contributed by atoms with van der Waals surface area (Å²) in [6, 6.07) is 2.81. The molecule has 2 nitrogen and oxygen atoms in total. The Morgan fingerprint density at radius 2 is 2.33 bits per heavy atom. The molecular formula is C10H16N2. The number of aromatic nitrogens is 1. The van der Waals surface area contributed by atoms with Crippen molar-refractivity contribution < 1.29 is 0 Å². The van der Waals surface area contributed by atoms with Gasteiger partial charge in [0.15, 0.2) is 0 Å². The van der Waals surface area contributed by atoms with Gasteiger partial charge in [-0.25, -0.2) is 0 Å². The Bertz CT molecular complexity index is 263. The van der Waals surface area contributed by atoms with Gasteiger partial charge >= 0.3 is 0 Å². The lowest BCUT2D eigenvalue weighted by Gasteiger charge is -2.26. The quantitative estimate of drug-likeness (QED) is 0.649. The van der Waals surface area contributed by atoms with Gasteiger partial charge in [-0.15, -0.1) is 0 Å². The average molecular weight is 164 g/mol. The van der Waals surface area contributed by atoms with Gasteiger partial charge < -0.3 is 10.3 Å². The van der Waals surface area contributed by atoms with Crippen LogP contribution in [0.25, 0.3) is 0 Å². The van der Waals surface area contributed by atoms with Crippen LogP contribution in [0, 0.1) is 5.92 Å². The monoisotopic (exact) mass is 164 g/mol. The molecule has 1 aromatic rings. The number of rotatable bonds is 1. The minimum absolute atomic E-state index is 0.649. The van der Waals surface area contributed by atoms with E-state index in [0.29, 0.717) is 6.04 Å². The van der Waals surface area contributed by atoms with Gasteiger partial charge in [0.05, 0.1) is 0 Å². The summed E-state index contributed by atoms with van der Waals surface area (Å²) in [5.74, 6) is 0.724. The maximum Gasteiger partial charge on any atom is 0.0226 e. The van der Waals surface area contributed by atoms with Crippen LogP contribution in [0.3, 0.4) is 0 Å². The van der Waals surface area contributed by atoms with Gasteiger partial charge in [-0.3, -0.25) is 0 Å². The Kier molecular flexibility index (Phi) is 1.93. The lowest BCUT2D eigenvalue weighted by Crippen LogP contribution is -2.39. The first-order valence-electron chi connectivity index (χ1n) is 4.66. The fourth-order valence-corrected chi connectivity index (χ4v) is 1.80. The molecule has 66 valence electrons. The van der Waals surface area contributed by atoms with Gasteiger partial charge in [0.2, 0.25) is 0 Å². The minimum atomic E-state index is 0.649. The third-order valence-corrected chi connectivity index (χ3v) is 2.71. The summed E-state index contributed by atoms with van der Waals surface area (Å²) in [5.41, 5.74) is 2.86. The largest absolute Gasteiger partial charge is 0.365 e. The molecule has 0 spiro atoms. The molecule has 2 N–H and O–H groups in total. The van der Waals surface area contributed by atoms with Crippen molar-refractivity contribution in [1.29, 1.82) is 0 Å². The fourth-order valence-electron chi connectivity index (χ4n) is 1.80. The summed E-state index contributed by atoms with van der Waals surface area (Å²) >= 11 is 0. The van der Waals surface area contributed by atoms with Crippen molar-refractivity contribution in [2.45, 2.75) is 32.9 Å². The Morgan fingerprint density at radius 1 is 1.50 bits per heavy atom. The smallest absolute Gasteiger partial charge is 0.0226 e. The van der Waals surface area contributed by atoms with Gasteiger partial charge in [0.25, 0.3) is 0 Å². The first-order valence-corrected chi connectivity index (χ1v) is 4.66. The van der Waals surface area contributed by atoms with Crippen LogP contribution in [0.15, 0.2) is 12.3 Å². The van der Waals surface area contributed by atoms with E-state index in [4.69, 9.17) is 0 Å². The van der Waals surface area contributed by atoms with Gasteiger partial charge in [-0.05, 0) is 17.5 Å². The number of aromatic amines is 1. The third kappa shape index (κ3) is 1.27. The standard InChI is InChI=1S/C10H16N2/c1-7(2)9-5-10-8(6-12-9)3-4-11-10/h3-4,7,9,11-12H,5-6H2,1-2H3. The maximum atomic E-state index is 3.54. The number of hydrogen-bond acceptors (Lipinski definition) is 1. The highest BCUT2D eigenvalue weighted by Crippen LogP contribution is 2.18. The van der Waals surface area contributed by atoms with Crippen molar-refractivity contribution in [2.75, 3.05) is 0 Å². The van der Waals surface area contributed by atoms with Crippen LogP contribution in [0.4, 0.5) is 0 Å². The predicted molar refractivity (Wildman–Crippen MR) is 50.0 cm³/mol. The highest BCUT2D eigenvalue weighted by molar-refractivity contribution is 5.24. The molecular weight excluding hydrogens is 148 g/mol. The molecule has 1 aliphatic rings. The maximum absolute atomic E-state index is 3.54. The summed E-state index contributed by atoms with van der Waals surface area (Å²) in [4.78, 5) is 3.30. The number of hydrogen-bond donors (Lipinski definition) is 2. The molecule has 1 aliphatic heterocycles. The number of H-pyrrole nitrogens is 1. The topological polar surface area (TPSA) is 27.8 Å². The van der Waals surface area contributed by atoms with Crippen LogP contribution >= 0.6 is 0 Å². The van der Waals surface area contributed by atoms with E-state index in [0.717, 1.165) is 18.9 Å². The zero-order valence-electron chi connectivity index (χ0n) is 7.72. The van der Waals surface area contributed by atoms with Gasteiger partial charge in [0, 0.05) is 30.9 Å². The second kappa shape index (κ2) is 2.94. The van der Waals surface area contributed by atoms with Gasteiger partial charge in [0.1, 0.15) is 0 Å². The van der Waals surface area contributed by atoms with Crippen molar-refractivity contribution in [1.82, 2.24) is 10.3 Å². The molecule has 1 atom stereocenters. The molecule has 1 unspecified atom stereocenters. The first-order chi connectivity index (χ1) is 5.77. The Balaban J connectivity index is 2.15. The fraction of sp³-hybridized carbons (Fsp3) is 0.600. The van der Waals surface area contributed by atoms with Crippen molar-refractivity contribution in [3.8, 4) is 0 Å². The molecule has 0 aromatic carbocycles. The van der Waals surface area contributed by atoms with Crippen LogP contribution in [0.2, 0.25) is 0 Å². The van der Waals surface area contributed by atoms with E-state index in [1.54, 1.807) is 0 Å². The molecule has 0 bridgehead atoms. The average Bonchev–Trinajstić information content (AvgIpc) is 2.49. The Hall–Kier alpha value is -0.760. The van der Waals surface area contributed by atoms with Crippen LogP contribution in [0.1, 0.15) is 25.1 Å². The summed E-state index contributed by atoms with van der Waals surface area (Å²) in [5, 5.41) is 3.54. The molecule has 2 heteroatoms. The molecule has 0 saturated carbocycles. The Labute approximate surface area is 73.4 Å². The predicted octanol–water partition coefficient (Wildman–Crippen LogP) is 1.68. The van der Waals surface area contributed by atoms with Crippen molar-refractivity contribution in [3.63, 3.8) is 0 Å². The van der Waals surface area contributed by atoms with E-state index >= 15 is 0 Å². The van der Waals surface area contributed by atoms with Crippen LogP contribution in [-0.4, -0.2) is 11.0 Å². The summed E-state index contributed by atoms with van der Waals surface area (Å²) in [6.07, 6.45) is 3.19. The number of nitrogens with one attached hydrogen (secondary N) is 2. The summed E-state index contributed by atoms with van der Waals surface area (Å²) in [7, 11) is 0. The van der Waals surface area contributed by atoms with E-state index in [9.17, 15) is 0 Å². The molecule has 0 fully saturated rings. The lowest BCUT2D eigenvalue weighted by atomic mass is 9.94. The van der Waals surface area contributed by atoms with Gasteiger partial charge in [-0.2, -0.15) is 0 Å². The summed E-state index contributed by atoms with van der Waals surface area (Å²) < 4.78 is 0. The van der Waals surface area contributed by atoms with E-state index in [1.807, 2.05) is 6.20 Å². The van der Waals surface area contributed by atoms with Crippen LogP contribution in [0.5, 0.6) is 0 Å². The highest BCUT2D eigenvalue weighted by Gasteiger charge is 2.20. The highest BCUT2D eigenvalue weighted by atomic mass is 14.9. The zero-order chi connectivity index (χ0) is 8.55. The van der Waals surface area contributed by atoms with E-state index in [1.165, 1.54) is 11.3 Å². The molecule has 2 heterocycles. The first kappa shape index (κ1) is 7.87. The van der Waals surface area contributed by atoms with E-state index < -0.39 is 0 Å². The minimum Gasteiger partial charge on any atom is -0.365 e. The Morgan fingerprint density at radius 3 is 3.08 bits per heavy atom. The van der Waals surface area contributed by atoms with E-state index in [2.05, 4.69) is 30.2 Å². The second-order valence-corrected chi connectivity index (χ2v) is 3.92. The van der Waals surface area contributed by atoms with Crippen molar-refractivity contribution in [3.05, 3.63) is 23.5 Å². The molecule has 0 amide bonds. The normalized spacial score (nSPS) is 22.8. The van der Waals surface area contributed by atoms with Crippen LogP contribution < -0.4 is 5.32 Å². The van der Waals surface area contributed by atoms with Crippen molar-refractivity contribution in [2.24, 2.45) is 5.92 Å². The van der Waals surface area contributed by atoms with Crippen molar-refractivity contribution >= 4 is 0 Å². The molecule has 2 rings (SSSR count). The summed E-state index contributed by atoms with van der Waals surface area (Å²) in [6.45, 7) is 5.57. The SMILES string of the molecule is CC(C)C1Cc2[nH]ccc2CN1. The molecule has 12 heavy (non-hydrogen) atoms. The molecule has 0 saturated heterocycles. The lowest BCUT2D eigenvalue weighted by molar-refractivity contribution is 0.375. The van der Waals surface area contributed by atoms with Crippen LogP contribution in [-0.2, 0) is 13.0 Å². The second-order valence-electron chi connectivity index (χ2n) is 3.92.